The lowest BCUT2D eigenvalue weighted by Gasteiger charge is -2.10. The van der Waals surface area contributed by atoms with Gasteiger partial charge in [-0.3, -0.25) is 10.1 Å². The van der Waals surface area contributed by atoms with Crippen molar-refractivity contribution in [3.63, 3.8) is 0 Å². The predicted octanol–water partition coefficient (Wildman–Crippen LogP) is 4.87. The third-order valence-corrected chi connectivity index (χ3v) is 4.11. The van der Waals surface area contributed by atoms with Gasteiger partial charge in [-0.05, 0) is 37.3 Å². The van der Waals surface area contributed by atoms with Crippen molar-refractivity contribution in [2.45, 2.75) is 13.0 Å². The topological polar surface area (TPSA) is 108 Å². The maximum absolute atomic E-state index is 12.3. The van der Waals surface area contributed by atoms with E-state index in [0.717, 1.165) is 0 Å². The highest BCUT2D eigenvalue weighted by atomic mass is 35.5. The molecule has 0 spiro atoms. The zero-order valence-corrected chi connectivity index (χ0v) is 15.3. The maximum atomic E-state index is 12.3. The van der Waals surface area contributed by atoms with E-state index in [1.165, 1.54) is 36.4 Å². The van der Waals surface area contributed by atoms with Crippen LogP contribution in [0.1, 0.15) is 29.3 Å². The van der Waals surface area contributed by atoms with E-state index in [-0.39, 0.29) is 28.1 Å². The third kappa shape index (κ3) is 4.24. The van der Waals surface area contributed by atoms with Crippen LogP contribution in [0.15, 0.2) is 46.9 Å². The number of non-ortho nitro benzene ring substituents is 1. The van der Waals surface area contributed by atoms with E-state index >= 15 is 0 Å². The van der Waals surface area contributed by atoms with Crippen molar-refractivity contribution in [3.05, 3.63) is 74.1 Å². The first-order valence-corrected chi connectivity index (χ1v) is 8.35. The van der Waals surface area contributed by atoms with Crippen LogP contribution in [0, 0.1) is 10.1 Å². The summed E-state index contributed by atoms with van der Waals surface area (Å²) in [6.07, 6.45) is -0.841. The molecule has 3 rings (SSSR count). The Morgan fingerprint density at radius 1 is 1.19 bits per heavy atom. The lowest BCUT2D eigenvalue weighted by molar-refractivity contribution is -0.384. The molecule has 2 aromatic carbocycles. The van der Waals surface area contributed by atoms with Crippen LogP contribution in [0.3, 0.4) is 0 Å². The van der Waals surface area contributed by atoms with Crippen LogP contribution < -0.4 is 0 Å². The van der Waals surface area contributed by atoms with Gasteiger partial charge in [0, 0.05) is 22.7 Å². The first kappa shape index (κ1) is 18.8. The number of hydrogen-bond acceptors (Lipinski definition) is 7. The average molecular weight is 408 g/mol. The van der Waals surface area contributed by atoms with Gasteiger partial charge >= 0.3 is 5.97 Å². The lowest BCUT2D eigenvalue weighted by atomic mass is 10.2. The smallest absolute Gasteiger partial charge is 0.340 e. The van der Waals surface area contributed by atoms with Gasteiger partial charge in [0.05, 0.1) is 15.5 Å². The van der Waals surface area contributed by atoms with Gasteiger partial charge in [-0.15, -0.1) is 10.2 Å². The Balaban J connectivity index is 1.74. The summed E-state index contributed by atoms with van der Waals surface area (Å²) in [6, 6.07) is 10.1. The van der Waals surface area contributed by atoms with Crippen molar-refractivity contribution >= 4 is 34.9 Å². The van der Waals surface area contributed by atoms with Gasteiger partial charge < -0.3 is 9.15 Å². The minimum absolute atomic E-state index is 0.0563. The van der Waals surface area contributed by atoms with Crippen molar-refractivity contribution in [2.75, 3.05) is 0 Å². The SMILES string of the molecule is C[C@@H](OC(=O)c1cc(Cl)ccc1Cl)c1nnc(-c2ccc([N+](=O)[O-])cc2)o1. The predicted molar refractivity (Wildman–Crippen MR) is 96.7 cm³/mol. The molecule has 3 aromatic rings. The van der Waals surface area contributed by atoms with E-state index in [9.17, 15) is 14.9 Å². The molecule has 8 nitrogen and oxygen atoms in total. The quantitative estimate of drug-likeness (QED) is 0.337. The summed E-state index contributed by atoms with van der Waals surface area (Å²) in [5.74, 6) is -0.483. The van der Waals surface area contributed by atoms with Crippen molar-refractivity contribution in [1.29, 1.82) is 0 Å². The number of benzene rings is 2. The van der Waals surface area contributed by atoms with Crippen LogP contribution in [0.2, 0.25) is 10.0 Å². The van der Waals surface area contributed by atoms with E-state index in [4.69, 9.17) is 32.4 Å². The Hall–Kier alpha value is -2.97. The number of hydrogen-bond donors (Lipinski definition) is 0. The Kier molecular flexibility index (Phi) is 5.38. The van der Waals surface area contributed by atoms with Crippen LogP contribution in [0.5, 0.6) is 0 Å². The fourth-order valence-corrected chi connectivity index (χ4v) is 2.54. The van der Waals surface area contributed by atoms with Crippen LogP contribution in [-0.2, 0) is 4.74 Å². The normalized spacial score (nSPS) is 11.8. The molecule has 0 aliphatic rings. The van der Waals surface area contributed by atoms with E-state index in [1.807, 2.05) is 0 Å². The molecule has 0 unspecified atom stereocenters. The Morgan fingerprint density at radius 2 is 1.89 bits per heavy atom. The second-order valence-corrected chi connectivity index (χ2v) is 6.26. The van der Waals surface area contributed by atoms with E-state index in [2.05, 4.69) is 10.2 Å². The van der Waals surface area contributed by atoms with Crippen LogP contribution in [-0.4, -0.2) is 21.1 Å². The summed E-state index contributed by atoms with van der Waals surface area (Å²) in [5, 5.41) is 19.0. The number of aromatic nitrogens is 2. The van der Waals surface area contributed by atoms with Crippen molar-refractivity contribution in [2.24, 2.45) is 0 Å². The number of esters is 1. The molecule has 0 aliphatic heterocycles. The Labute approximate surface area is 162 Å². The molecule has 0 radical (unpaired) electrons. The monoisotopic (exact) mass is 407 g/mol. The van der Waals surface area contributed by atoms with Crippen LogP contribution in [0.25, 0.3) is 11.5 Å². The zero-order chi connectivity index (χ0) is 19.6. The highest BCUT2D eigenvalue weighted by molar-refractivity contribution is 6.35. The fourth-order valence-electron chi connectivity index (χ4n) is 2.17. The van der Waals surface area contributed by atoms with Crippen molar-refractivity contribution in [3.8, 4) is 11.5 Å². The first-order chi connectivity index (χ1) is 12.8. The molecule has 27 heavy (non-hydrogen) atoms. The molecule has 0 saturated heterocycles. The van der Waals surface area contributed by atoms with Gasteiger partial charge in [0.1, 0.15) is 0 Å². The van der Waals surface area contributed by atoms with Gasteiger partial charge in [-0.25, -0.2) is 4.79 Å². The third-order valence-electron chi connectivity index (χ3n) is 3.55. The maximum Gasteiger partial charge on any atom is 0.340 e. The standard InChI is InChI=1S/C17H11Cl2N3O5/c1-9(26-17(23)13-8-11(18)4-7-14(13)19)15-20-21-16(27-15)10-2-5-12(6-3-10)22(24)25/h2-9H,1H3/t9-/m1/s1. The summed E-state index contributed by atoms with van der Waals surface area (Å²) in [7, 11) is 0. The summed E-state index contributed by atoms with van der Waals surface area (Å²) in [4.78, 5) is 22.4. The number of nitro benzene ring substituents is 1. The molecule has 0 amide bonds. The second kappa shape index (κ2) is 7.73. The second-order valence-electron chi connectivity index (χ2n) is 5.42. The molecule has 0 fully saturated rings. The van der Waals surface area contributed by atoms with Crippen LogP contribution >= 0.6 is 23.2 Å². The minimum Gasteiger partial charge on any atom is -0.449 e. The molecule has 1 atom stereocenters. The molecule has 0 saturated carbocycles. The molecule has 1 heterocycles. The number of halogens is 2. The molecule has 138 valence electrons. The summed E-state index contributed by atoms with van der Waals surface area (Å²) >= 11 is 11.8. The number of ether oxygens (including phenoxy) is 1. The van der Waals surface area contributed by atoms with Crippen molar-refractivity contribution < 1.29 is 18.9 Å². The summed E-state index contributed by atoms with van der Waals surface area (Å²) in [5.41, 5.74) is 0.557. The van der Waals surface area contributed by atoms with Gasteiger partial charge in [0.25, 0.3) is 11.6 Å². The molecular formula is C17H11Cl2N3O5. The molecular weight excluding hydrogens is 397 g/mol. The Bertz CT molecular complexity index is 1000. The summed E-state index contributed by atoms with van der Waals surface area (Å²) < 4.78 is 10.8. The first-order valence-electron chi connectivity index (χ1n) is 7.59. The fraction of sp³-hybridized carbons (Fsp3) is 0.118. The molecule has 10 heteroatoms. The molecule has 1 aromatic heterocycles. The lowest BCUT2D eigenvalue weighted by Crippen LogP contribution is -2.10. The van der Waals surface area contributed by atoms with Gasteiger partial charge in [0.15, 0.2) is 6.10 Å². The number of carbonyl (C=O) groups excluding carboxylic acids is 1. The minimum atomic E-state index is -0.841. The number of rotatable bonds is 5. The van der Waals surface area contributed by atoms with Gasteiger partial charge in [0.2, 0.25) is 5.89 Å². The zero-order valence-electron chi connectivity index (χ0n) is 13.8. The highest BCUT2D eigenvalue weighted by Crippen LogP contribution is 2.27. The largest absolute Gasteiger partial charge is 0.449 e. The Morgan fingerprint density at radius 3 is 2.56 bits per heavy atom. The van der Waals surface area contributed by atoms with Gasteiger partial charge in [-0.2, -0.15) is 0 Å². The van der Waals surface area contributed by atoms with Gasteiger partial charge in [-0.1, -0.05) is 23.2 Å². The van der Waals surface area contributed by atoms with E-state index in [0.29, 0.717) is 10.6 Å². The molecule has 0 aliphatic carbocycles. The van der Waals surface area contributed by atoms with E-state index in [1.54, 1.807) is 13.0 Å². The van der Waals surface area contributed by atoms with Crippen LogP contribution in [0.4, 0.5) is 5.69 Å². The number of nitrogens with zero attached hydrogens (tertiary/aromatic N) is 3. The summed E-state index contributed by atoms with van der Waals surface area (Å²) in [6.45, 7) is 1.56. The molecule has 0 N–H and O–H groups in total. The number of nitro groups is 1. The van der Waals surface area contributed by atoms with E-state index < -0.39 is 17.0 Å². The average Bonchev–Trinajstić information content (AvgIpc) is 3.14. The molecule has 0 bridgehead atoms. The number of carbonyl (C=O) groups is 1. The van der Waals surface area contributed by atoms with Crippen molar-refractivity contribution in [1.82, 2.24) is 10.2 Å². The highest BCUT2D eigenvalue weighted by Gasteiger charge is 2.22.